The van der Waals surface area contributed by atoms with E-state index in [-0.39, 0.29) is 5.60 Å². The second-order valence-corrected chi connectivity index (χ2v) is 3.35. The number of carbonyl (C=O) groups excluding carboxylic acids is 1. The SMILES string of the molecule is CC(C)(C)OC=O.c1ccncc1. The summed E-state index contributed by atoms with van der Waals surface area (Å²) in [7, 11) is 0. The van der Waals surface area contributed by atoms with E-state index in [1.54, 1.807) is 12.4 Å². The summed E-state index contributed by atoms with van der Waals surface area (Å²) in [5, 5.41) is 0. The van der Waals surface area contributed by atoms with Gasteiger partial charge < -0.3 is 4.74 Å². The minimum absolute atomic E-state index is 0.318. The van der Waals surface area contributed by atoms with Gasteiger partial charge in [0, 0.05) is 12.4 Å². The Morgan fingerprint density at radius 2 is 1.69 bits per heavy atom. The molecule has 0 radical (unpaired) electrons. The van der Waals surface area contributed by atoms with Crippen LogP contribution in [0.15, 0.2) is 30.6 Å². The van der Waals surface area contributed by atoms with Crippen LogP contribution in [0.5, 0.6) is 0 Å². The van der Waals surface area contributed by atoms with E-state index in [0.717, 1.165) is 0 Å². The van der Waals surface area contributed by atoms with Crippen LogP contribution in [-0.4, -0.2) is 17.1 Å². The first-order chi connectivity index (χ1) is 6.06. The Labute approximate surface area is 78.8 Å². The molecule has 13 heavy (non-hydrogen) atoms. The summed E-state index contributed by atoms with van der Waals surface area (Å²) in [6.07, 6.45) is 3.50. The van der Waals surface area contributed by atoms with E-state index in [4.69, 9.17) is 0 Å². The fraction of sp³-hybridized carbons (Fsp3) is 0.400. The molecule has 0 unspecified atom stereocenters. The van der Waals surface area contributed by atoms with Crippen LogP contribution in [0.3, 0.4) is 0 Å². The number of aromatic nitrogens is 1. The van der Waals surface area contributed by atoms with Crippen LogP contribution in [0.1, 0.15) is 20.8 Å². The molecular weight excluding hydrogens is 166 g/mol. The molecule has 3 nitrogen and oxygen atoms in total. The van der Waals surface area contributed by atoms with Crippen molar-refractivity contribution >= 4 is 6.47 Å². The third-order valence-electron chi connectivity index (χ3n) is 0.968. The summed E-state index contributed by atoms with van der Waals surface area (Å²) in [5.41, 5.74) is -0.318. The van der Waals surface area contributed by atoms with Crippen molar-refractivity contribution in [2.75, 3.05) is 0 Å². The summed E-state index contributed by atoms with van der Waals surface area (Å²) in [5.74, 6) is 0. The van der Waals surface area contributed by atoms with E-state index in [1.165, 1.54) is 0 Å². The van der Waals surface area contributed by atoms with E-state index in [0.29, 0.717) is 6.47 Å². The normalized spacial score (nSPS) is 9.46. The van der Waals surface area contributed by atoms with Gasteiger partial charge in [0.05, 0.1) is 0 Å². The molecule has 0 aliphatic heterocycles. The molecule has 1 heterocycles. The predicted octanol–water partition coefficient (Wildman–Crippen LogP) is 2.04. The van der Waals surface area contributed by atoms with E-state index >= 15 is 0 Å². The van der Waals surface area contributed by atoms with E-state index < -0.39 is 0 Å². The van der Waals surface area contributed by atoms with Gasteiger partial charge in [0.1, 0.15) is 5.60 Å². The molecule has 0 aromatic carbocycles. The number of carbonyl (C=O) groups is 1. The molecule has 0 N–H and O–H groups in total. The van der Waals surface area contributed by atoms with Crippen LogP contribution in [-0.2, 0) is 9.53 Å². The number of ether oxygens (including phenoxy) is 1. The van der Waals surface area contributed by atoms with Gasteiger partial charge in [-0.3, -0.25) is 9.78 Å². The van der Waals surface area contributed by atoms with E-state index in [9.17, 15) is 4.79 Å². The fourth-order valence-corrected chi connectivity index (χ4v) is 0.457. The lowest BCUT2D eigenvalue weighted by atomic mass is 10.2. The maximum absolute atomic E-state index is 9.60. The Kier molecular flexibility index (Phi) is 5.52. The highest BCUT2D eigenvalue weighted by molar-refractivity contribution is 5.37. The maximum Gasteiger partial charge on any atom is 0.293 e. The molecule has 72 valence electrons. The van der Waals surface area contributed by atoms with Gasteiger partial charge in [-0.15, -0.1) is 0 Å². The highest BCUT2D eigenvalue weighted by Gasteiger charge is 2.07. The zero-order chi connectivity index (χ0) is 10.2. The van der Waals surface area contributed by atoms with Crippen LogP contribution in [0, 0.1) is 0 Å². The van der Waals surface area contributed by atoms with Crippen molar-refractivity contribution in [2.24, 2.45) is 0 Å². The first kappa shape index (κ1) is 11.6. The number of pyridine rings is 1. The summed E-state index contributed by atoms with van der Waals surface area (Å²) >= 11 is 0. The van der Waals surface area contributed by atoms with Gasteiger partial charge in [-0.25, -0.2) is 0 Å². The molecule has 0 bridgehead atoms. The van der Waals surface area contributed by atoms with Crippen molar-refractivity contribution in [1.82, 2.24) is 4.98 Å². The maximum atomic E-state index is 9.60. The Bertz CT molecular complexity index is 189. The number of nitrogens with zero attached hydrogens (tertiary/aromatic N) is 1. The summed E-state index contributed by atoms with van der Waals surface area (Å²) < 4.78 is 4.55. The average Bonchev–Trinajstić information content (AvgIpc) is 2.06. The first-order valence-electron chi connectivity index (χ1n) is 4.03. The second-order valence-electron chi connectivity index (χ2n) is 3.35. The van der Waals surface area contributed by atoms with Crippen LogP contribution in [0.4, 0.5) is 0 Å². The van der Waals surface area contributed by atoms with Gasteiger partial charge in [-0.1, -0.05) is 6.07 Å². The molecule has 0 saturated heterocycles. The third-order valence-corrected chi connectivity index (χ3v) is 0.968. The monoisotopic (exact) mass is 181 g/mol. The van der Waals surface area contributed by atoms with Gasteiger partial charge in [0.25, 0.3) is 6.47 Å². The minimum Gasteiger partial charge on any atom is -0.462 e. The lowest BCUT2D eigenvalue weighted by molar-refractivity contribution is -0.138. The molecule has 0 amide bonds. The van der Waals surface area contributed by atoms with Crippen molar-refractivity contribution in [3.8, 4) is 0 Å². The molecule has 0 saturated carbocycles. The zero-order valence-electron chi connectivity index (χ0n) is 8.23. The van der Waals surface area contributed by atoms with Crippen LogP contribution in [0.2, 0.25) is 0 Å². The topological polar surface area (TPSA) is 39.2 Å². The van der Waals surface area contributed by atoms with Crippen molar-refractivity contribution in [1.29, 1.82) is 0 Å². The quantitative estimate of drug-likeness (QED) is 0.622. The molecule has 0 aliphatic rings. The molecule has 3 heteroatoms. The lowest BCUT2D eigenvalue weighted by Gasteiger charge is -2.14. The molecule has 1 aromatic heterocycles. The zero-order valence-corrected chi connectivity index (χ0v) is 8.23. The van der Waals surface area contributed by atoms with Gasteiger partial charge in [0.2, 0.25) is 0 Å². The fourth-order valence-electron chi connectivity index (χ4n) is 0.457. The molecule has 0 aliphatic carbocycles. The highest BCUT2D eigenvalue weighted by atomic mass is 16.5. The van der Waals surface area contributed by atoms with Crippen LogP contribution >= 0.6 is 0 Å². The largest absolute Gasteiger partial charge is 0.462 e. The van der Waals surface area contributed by atoms with Crippen molar-refractivity contribution in [3.05, 3.63) is 30.6 Å². The highest BCUT2D eigenvalue weighted by Crippen LogP contribution is 2.02. The molecule has 1 aromatic rings. The van der Waals surface area contributed by atoms with Gasteiger partial charge in [-0.05, 0) is 32.9 Å². The first-order valence-corrected chi connectivity index (χ1v) is 4.03. The van der Waals surface area contributed by atoms with Gasteiger partial charge in [-0.2, -0.15) is 0 Å². The van der Waals surface area contributed by atoms with E-state index in [1.807, 2.05) is 39.0 Å². The van der Waals surface area contributed by atoms with Crippen molar-refractivity contribution < 1.29 is 9.53 Å². The van der Waals surface area contributed by atoms with Crippen molar-refractivity contribution in [2.45, 2.75) is 26.4 Å². The standard InChI is InChI=1S/C5H5N.C5H10O2/c1-2-4-6-5-3-1;1-5(2,3)7-4-6/h1-5H;4H,1-3H3. The Morgan fingerprint density at radius 1 is 1.15 bits per heavy atom. The van der Waals surface area contributed by atoms with Crippen LogP contribution < -0.4 is 0 Å². The third kappa shape index (κ3) is 10.6. The Balaban J connectivity index is 0.000000223. The smallest absolute Gasteiger partial charge is 0.293 e. The molecule has 0 spiro atoms. The molecular formula is C10H15NO2. The molecule has 0 atom stereocenters. The Hall–Kier alpha value is -1.38. The average molecular weight is 181 g/mol. The summed E-state index contributed by atoms with van der Waals surface area (Å²) in [6.45, 7) is 5.92. The number of rotatable bonds is 1. The molecule has 0 fully saturated rings. The molecule has 1 rings (SSSR count). The van der Waals surface area contributed by atoms with E-state index in [2.05, 4.69) is 9.72 Å². The minimum atomic E-state index is -0.318. The van der Waals surface area contributed by atoms with Gasteiger partial charge in [0.15, 0.2) is 0 Å². The van der Waals surface area contributed by atoms with Crippen LogP contribution in [0.25, 0.3) is 0 Å². The van der Waals surface area contributed by atoms with Crippen molar-refractivity contribution in [3.63, 3.8) is 0 Å². The summed E-state index contributed by atoms with van der Waals surface area (Å²) in [6, 6.07) is 5.72. The lowest BCUT2D eigenvalue weighted by Crippen LogP contribution is -2.17. The van der Waals surface area contributed by atoms with Gasteiger partial charge >= 0.3 is 0 Å². The summed E-state index contributed by atoms with van der Waals surface area (Å²) in [4.78, 5) is 13.4. The number of hydrogen-bond acceptors (Lipinski definition) is 3. The number of hydrogen-bond donors (Lipinski definition) is 0. The Morgan fingerprint density at radius 3 is 1.77 bits per heavy atom. The predicted molar refractivity (Wildman–Crippen MR) is 51.1 cm³/mol. The second kappa shape index (κ2) is 6.17.